The van der Waals surface area contributed by atoms with E-state index in [1.165, 1.54) is 0 Å². The molecule has 1 aliphatic rings. The molecule has 1 heterocycles. The molecular formula is C16H18F5N3O2. The Hall–Kier alpha value is -2.23. The number of nitrogens with one attached hydrogen (secondary N) is 1. The van der Waals surface area contributed by atoms with Gasteiger partial charge in [-0.3, -0.25) is 14.5 Å². The summed E-state index contributed by atoms with van der Waals surface area (Å²) >= 11 is 0. The van der Waals surface area contributed by atoms with E-state index in [0.29, 0.717) is 0 Å². The summed E-state index contributed by atoms with van der Waals surface area (Å²) in [6.07, 6.45) is -6.07. The highest BCUT2D eigenvalue weighted by Gasteiger charge is 2.35. The van der Waals surface area contributed by atoms with Crippen LogP contribution in [-0.2, 0) is 9.59 Å². The highest BCUT2D eigenvalue weighted by molar-refractivity contribution is 5.94. The van der Waals surface area contributed by atoms with E-state index >= 15 is 0 Å². The number of carbonyl (C=O) groups excluding carboxylic acids is 2. The first-order chi connectivity index (χ1) is 12.1. The van der Waals surface area contributed by atoms with Crippen LogP contribution in [0.5, 0.6) is 0 Å². The van der Waals surface area contributed by atoms with Crippen molar-refractivity contribution in [3.8, 4) is 0 Å². The summed E-state index contributed by atoms with van der Waals surface area (Å²) in [5, 5.41) is 2.29. The summed E-state index contributed by atoms with van der Waals surface area (Å²) in [6, 6.07) is 1.94. The molecule has 1 aromatic rings. The number of anilines is 1. The molecule has 1 N–H and O–H groups in total. The SMILES string of the molecule is CC(C(=O)Nc1cc(F)ccc1F)N1CCN(C(=O)CC(F)(F)F)CC1. The molecule has 1 fully saturated rings. The fraction of sp³-hybridized carbons (Fsp3) is 0.500. The van der Waals surface area contributed by atoms with Crippen LogP contribution >= 0.6 is 0 Å². The lowest BCUT2D eigenvalue weighted by molar-refractivity contribution is -0.162. The molecule has 1 saturated heterocycles. The van der Waals surface area contributed by atoms with Gasteiger partial charge in [0.2, 0.25) is 11.8 Å². The van der Waals surface area contributed by atoms with Gasteiger partial charge in [0.1, 0.15) is 18.1 Å². The Balaban J connectivity index is 1.89. The minimum Gasteiger partial charge on any atom is -0.340 e. The molecule has 1 aromatic carbocycles. The molecular weight excluding hydrogens is 361 g/mol. The average Bonchev–Trinajstić information content (AvgIpc) is 2.56. The topological polar surface area (TPSA) is 52.7 Å². The van der Waals surface area contributed by atoms with Crippen LogP contribution in [0.1, 0.15) is 13.3 Å². The van der Waals surface area contributed by atoms with E-state index in [2.05, 4.69) is 5.32 Å². The molecule has 26 heavy (non-hydrogen) atoms. The Bertz CT molecular complexity index is 672. The van der Waals surface area contributed by atoms with Gasteiger partial charge in [0.25, 0.3) is 0 Å². The lowest BCUT2D eigenvalue weighted by atomic mass is 10.2. The van der Waals surface area contributed by atoms with Gasteiger partial charge in [0.15, 0.2) is 0 Å². The average molecular weight is 379 g/mol. The second kappa shape index (κ2) is 7.98. The molecule has 1 atom stereocenters. The van der Waals surface area contributed by atoms with Gasteiger partial charge in [-0.25, -0.2) is 8.78 Å². The van der Waals surface area contributed by atoms with Gasteiger partial charge in [-0.05, 0) is 19.1 Å². The largest absolute Gasteiger partial charge is 0.397 e. The smallest absolute Gasteiger partial charge is 0.340 e. The minimum absolute atomic E-state index is 0.0564. The van der Waals surface area contributed by atoms with Gasteiger partial charge in [-0.1, -0.05) is 0 Å². The van der Waals surface area contributed by atoms with Crippen LogP contribution < -0.4 is 5.32 Å². The fourth-order valence-corrected chi connectivity index (χ4v) is 2.64. The van der Waals surface area contributed by atoms with Crippen LogP contribution in [0.4, 0.5) is 27.6 Å². The second-order valence-electron chi connectivity index (χ2n) is 6.00. The molecule has 0 aliphatic carbocycles. The quantitative estimate of drug-likeness (QED) is 0.818. The molecule has 0 radical (unpaired) electrons. The van der Waals surface area contributed by atoms with Crippen molar-refractivity contribution in [3.63, 3.8) is 0 Å². The van der Waals surface area contributed by atoms with Crippen LogP contribution in [-0.4, -0.2) is 60.0 Å². The van der Waals surface area contributed by atoms with Crippen molar-refractivity contribution in [3.05, 3.63) is 29.8 Å². The monoisotopic (exact) mass is 379 g/mol. The molecule has 1 unspecified atom stereocenters. The molecule has 144 valence electrons. The molecule has 0 spiro atoms. The minimum atomic E-state index is -4.56. The number of hydrogen-bond donors (Lipinski definition) is 1. The maximum atomic E-state index is 13.6. The van der Waals surface area contributed by atoms with E-state index in [1.807, 2.05) is 0 Å². The predicted octanol–water partition coefficient (Wildman–Crippen LogP) is 2.39. The Kier molecular flexibility index (Phi) is 6.17. The van der Waals surface area contributed by atoms with Crippen LogP contribution in [0.2, 0.25) is 0 Å². The zero-order chi connectivity index (χ0) is 19.5. The molecule has 0 bridgehead atoms. The van der Waals surface area contributed by atoms with Crippen LogP contribution in [0.15, 0.2) is 18.2 Å². The molecule has 5 nitrogen and oxygen atoms in total. The van der Waals surface area contributed by atoms with Gasteiger partial charge < -0.3 is 10.2 Å². The first kappa shape index (κ1) is 20.1. The van der Waals surface area contributed by atoms with Crippen LogP contribution in [0, 0.1) is 11.6 Å². The normalized spacial score (nSPS) is 17.1. The number of rotatable bonds is 4. The number of alkyl halides is 3. The first-order valence-corrected chi connectivity index (χ1v) is 7.91. The number of piperazine rings is 1. The summed E-state index contributed by atoms with van der Waals surface area (Å²) in [5.74, 6) is -3.07. The third-order valence-electron chi connectivity index (χ3n) is 4.13. The van der Waals surface area contributed by atoms with Gasteiger partial charge in [-0.2, -0.15) is 13.2 Å². The Labute approximate surface area is 146 Å². The molecule has 1 aliphatic heterocycles. The number of benzene rings is 1. The lowest BCUT2D eigenvalue weighted by Crippen LogP contribution is -2.54. The zero-order valence-corrected chi connectivity index (χ0v) is 13.9. The predicted molar refractivity (Wildman–Crippen MR) is 83.3 cm³/mol. The van der Waals surface area contributed by atoms with Gasteiger partial charge in [0.05, 0.1) is 11.7 Å². The molecule has 10 heteroatoms. The molecule has 2 rings (SSSR count). The summed E-state index contributed by atoms with van der Waals surface area (Å²) in [4.78, 5) is 26.5. The van der Waals surface area contributed by atoms with E-state index in [4.69, 9.17) is 0 Å². The molecule has 0 aromatic heterocycles. The summed E-state index contributed by atoms with van der Waals surface area (Å²) in [5.41, 5.74) is -0.291. The third kappa shape index (κ3) is 5.38. The number of hydrogen-bond acceptors (Lipinski definition) is 3. The summed E-state index contributed by atoms with van der Waals surface area (Å²) in [7, 11) is 0. The molecule has 0 saturated carbocycles. The fourth-order valence-electron chi connectivity index (χ4n) is 2.64. The Morgan fingerprint density at radius 3 is 2.35 bits per heavy atom. The zero-order valence-electron chi connectivity index (χ0n) is 13.9. The third-order valence-corrected chi connectivity index (χ3v) is 4.13. The van der Waals surface area contributed by atoms with Crippen molar-refractivity contribution >= 4 is 17.5 Å². The van der Waals surface area contributed by atoms with Crippen molar-refractivity contribution in [2.75, 3.05) is 31.5 Å². The second-order valence-corrected chi connectivity index (χ2v) is 6.00. The van der Waals surface area contributed by atoms with E-state index in [9.17, 15) is 31.5 Å². The number of amides is 2. The maximum Gasteiger partial charge on any atom is 0.397 e. The van der Waals surface area contributed by atoms with Gasteiger partial charge in [-0.15, -0.1) is 0 Å². The van der Waals surface area contributed by atoms with E-state index in [0.717, 1.165) is 23.1 Å². The highest BCUT2D eigenvalue weighted by atomic mass is 19.4. The lowest BCUT2D eigenvalue weighted by Gasteiger charge is -2.37. The number of halogens is 5. The van der Waals surface area contributed by atoms with Crippen molar-refractivity contribution in [1.29, 1.82) is 0 Å². The van der Waals surface area contributed by atoms with E-state index < -0.39 is 42.1 Å². The van der Waals surface area contributed by atoms with E-state index in [1.54, 1.807) is 11.8 Å². The molecule has 2 amide bonds. The number of carbonyl (C=O) groups is 2. The maximum absolute atomic E-state index is 13.6. The van der Waals surface area contributed by atoms with Gasteiger partial charge in [0, 0.05) is 32.2 Å². The highest BCUT2D eigenvalue weighted by Crippen LogP contribution is 2.21. The van der Waals surface area contributed by atoms with Crippen LogP contribution in [0.25, 0.3) is 0 Å². The van der Waals surface area contributed by atoms with Gasteiger partial charge >= 0.3 is 6.18 Å². The first-order valence-electron chi connectivity index (χ1n) is 7.91. The van der Waals surface area contributed by atoms with Crippen LogP contribution in [0.3, 0.4) is 0 Å². The number of nitrogens with zero attached hydrogens (tertiary/aromatic N) is 2. The van der Waals surface area contributed by atoms with Crippen molar-refractivity contribution in [2.45, 2.75) is 25.6 Å². The Morgan fingerprint density at radius 1 is 1.15 bits per heavy atom. The Morgan fingerprint density at radius 2 is 1.77 bits per heavy atom. The summed E-state index contributed by atoms with van der Waals surface area (Å²) < 4.78 is 63.5. The van der Waals surface area contributed by atoms with Crippen molar-refractivity contribution in [1.82, 2.24) is 9.80 Å². The summed E-state index contributed by atoms with van der Waals surface area (Å²) in [6.45, 7) is 2.05. The van der Waals surface area contributed by atoms with E-state index in [-0.39, 0.29) is 31.9 Å². The van der Waals surface area contributed by atoms with Crippen molar-refractivity contribution < 1.29 is 31.5 Å². The van der Waals surface area contributed by atoms with Crippen molar-refractivity contribution in [2.24, 2.45) is 0 Å². The standard InChI is InChI=1S/C16H18F5N3O2/c1-10(15(26)22-13-8-11(17)2-3-12(13)18)23-4-6-24(7-5-23)14(25)9-16(19,20)21/h2-3,8,10H,4-7,9H2,1H3,(H,22,26).